The number of carboxylic acid groups (broad SMARTS) is 1. The third kappa shape index (κ3) is 4.21. The summed E-state index contributed by atoms with van der Waals surface area (Å²) in [7, 11) is -2.66. The van der Waals surface area contributed by atoms with Gasteiger partial charge in [-0.3, -0.25) is 4.79 Å². The number of sulfonamides is 1. The number of likely N-dealkylation sites (N-methyl/N-ethyl adjacent to an activating group) is 1. The Hall–Kier alpha value is -1.89. The van der Waals surface area contributed by atoms with E-state index in [-0.39, 0.29) is 11.3 Å². The van der Waals surface area contributed by atoms with Crippen LogP contribution in [0.1, 0.15) is 16.7 Å². The molecule has 0 amide bonds. The summed E-state index contributed by atoms with van der Waals surface area (Å²) in [5.41, 5.74) is 2.81. The monoisotopic (exact) mass is 381 g/mol. The predicted octanol–water partition coefficient (Wildman–Crippen LogP) is 3.27. The minimum atomic E-state index is -3.95. The summed E-state index contributed by atoms with van der Waals surface area (Å²) >= 11 is 5.79. The maximum Gasteiger partial charge on any atom is 0.322 e. The molecule has 0 aromatic heterocycles. The lowest BCUT2D eigenvalue weighted by molar-refractivity contribution is -0.141. The van der Waals surface area contributed by atoms with Gasteiger partial charge in [0.05, 0.1) is 4.90 Å². The predicted molar refractivity (Wildman–Crippen MR) is 97.4 cm³/mol. The van der Waals surface area contributed by atoms with E-state index in [1.807, 2.05) is 32.0 Å². The molecule has 25 heavy (non-hydrogen) atoms. The Labute approximate surface area is 152 Å². The zero-order chi connectivity index (χ0) is 18.8. The van der Waals surface area contributed by atoms with Crippen LogP contribution in [0.2, 0.25) is 5.02 Å². The third-order valence-electron chi connectivity index (χ3n) is 4.34. The molecule has 0 saturated heterocycles. The average molecular weight is 382 g/mol. The number of halogens is 1. The van der Waals surface area contributed by atoms with Crippen LogP contribution in [-0.4, -0.2) is 36.9 Å². The smallest absolute Gasteiger partial charge is 0.322 e. The second kappa shape index (κ2) is 7.56. The SMILES string of the molecule is Cc1cccc(CC(C(=O)O)N(C)S(=O)(=O)c2ccc(Cl)cc2)c1C. The van der Waals surface area contributed by atoms with Gasteiger partial charge >= 0.3 is 5.97 Å². The molecule has 0 heterocycles. The van der Waals surface area contributed by atoms with Gasteiger partial charge in [0.1, 0.15) is 6.04 Å². The summed E-state index contributed by atoms with van der Waals surface area (Å²) in [5, 5.41) is 10.0. The van der Waals surface area contributed by atoms with Crippen molar-refractivity contribution in [3.05, 3.63) is 64.2 Å². The summed E-state index contributed by atoms with van der Waals surface area (Å²) < 4.78 is 26.4. The van der Waals surface area contributed by atoms with E-state index in [9.17, 15) is 18.3 Å². The molecule has 1 unspecified atom stereocenters. The maximum atomic E-state index is 12.8. The first kappa shape index (κ1) is 19.4. The van der Waals surface area contributed by atoms with Crippen LogP contribution in [0.5, 0.6) is 0 Å². The highest BCUT2D eigenvalue weighted by Crippen LogP contribution is 2.22. The summed E-state index contributed by atoms with van der Waals surface area (Å²) in [5.74, 6) is -1.19. The van der Waals surface area contributed by atoms with E-state index < -0.39 is 22.0 Å². The highest BCUT2D eigenvalue weighted by atomic mass is 35.5. The molecular weight excluding hydrogens is 362 g/mol. The third-order valence-corrected chi connectivity index (χ3v) is 6.48. The van der Waals surface area contributed by atoms with Crippen LogP contribution in [0.15, 0.2) is 47.4 Å². The molecule has 1 atom stereocenters. The maximum absolute atomic E-state index is 12.8. The standard InChI is InChI=1S/C18H20ClNO4S/c1-12-5-4-6-14(13(12)2)11-17(18(21)22)20(3)25(23,24)16-9-7-15(19)8-10-16/h4-10,17H,11H2,1-3H3,(H,21,22). The normalized spacial score (nSPS) is 13.0. The molecule has 0 aliphatic rings. The van der Waals surface area contributed by atoms with E-state index in [0.717, 1.165) is 21.0 Å². The number of benzene rings is 2. The lowest BCUT2D eigenvalue weighted by Gasteiger charge is -2.25. The summed E-state index contributed by atoms with van der Waals surface area (Å²) in [6.45, 7) is 3.83. The molecule has 134 valence electrons. The number of rotatable bonds is 6. The van der Waals surface area contributed by atoms with Gasteiger partial charge < -0.3 is 5.11 Å². The summed E-state index contributed by atoms with van der Waals surface area (Å²) in [4.78, 5) is 11.8. The molecule has 0 spiro atoms. The zero-order valence-corrected chi connectivity index (χ0v) is 15.8. The Morgan fingerprint density at radius 2 is 1.76 bits per heavy atom. The van der Waals surface area contributed by atoms with Crippen molar-refractivity contribution in [2.75, 3.05) is 7.05 Å². The lowest BCUT2D eigenvalue weighted by Crippen LogP contribution is -2.43. The highest BCUT2D eigenvalue weighted by Gasteiger charge is 2.33. The molecule has 0 aliphatic heterocycles. The zero-order valence-electron chi connectivity index (χ0n) is 14.2. The Morgan fingerprint density at radius 1 is 1.16 bits per heavy atom. The van der Waals surface area contributed by atoms with Gasteiger partial charge in [-0.1, -0.05) is 29.8 Å². The van der Waals surface area contributed by atoms with Crippen molar-refractivity contribution in [3.63, 3.8) is 0 Å². The highest BCUT2D eigenvalue weighted by molar-refractivity contribution is 7.89. The van der Waals surface area contributed by atoms with Crippen molar-refractivity contribution < 1.29 is 18.3 Å². The minimum Gasteiger partial charge on any atom is -0.480 e. The van der Waals surface area contributed by atoms with E-state index in [0.29, 0.717) is 5.02 Å². The molecule has 1 N–H and O–H groups in total. The van der Waals surface area contributed by atoms with Gasteiger partial charge in [-0.25, -0.2) is 8.42 Å². The lowest BCUT2D eigenvalue weighted by atomic mass is 9.98. The topological polar surface area (TPSA) is 74.7 Å². The van der Waals surface area contributed by atoms with Gasteiger partial charge in [0.25, 0.3) is 0 Å². The van der Waals surface area contributed by atoms with Crippen LogP contribution in [0.25, 0.3) is 0 Å². The molecule has 0 aliphatic carbocycles. The molecular formula is C18H20ClNO4S. The van der Waals surface area contributed by atoms with E-state index in [2.05, 4.69) is 0 Å². The molecule has 7 heteroatoms. The molecule has 2 aromatic rings. The Kier molecular flexibility index (Phi) is 5.87. The quantitative estimate of drug-likeness (QED) is 0.833. The van der Waals surface area contributed by atoms with Gasteiger partial charge in [0.2, 0.25) is 10.0 Å². The molecule has 2 rings (SSSR count). The molecule has 0 radical (unpaired) electrons. The second-order valence-electron chi connectivity index (χ2n) is 5.89. The van der Waals surface area contributed by atoms with E-state index in [4.69, 9.17) is 11.6 Å². The second-order valence-corrected chi connectivity index (χ2v) is 8.33. The number of hydrogen-bond acceptors (Lipinski definition) is 3. The van der Waals surface area contributed by atoms with Crippen LogP contribution in [0.4, 0.5) is 0 Å². The van der Waals surface area contributed by atoms with Crippen LogP contribution < -0.4 is 0 Å². The van der Waals surface area contributed by atoms with Crippen molar-refractivity contribution in [3.8, 4) is 0 Å². The van der Waals surface area contributed by atoms with Crippen LogP contribution >= 0.6 is 11.6 Å². The Bertz CT molecular complexity index is 878. The first-order valence-corrected chi connectivity index (χ1v) is 9.48. The first-order chi connectivity index (χ1) is 11.6. The molecule has 2 aromatic carbocycles. The number of aryl methyl sites for hydroxylation is 1. The molecule has 0 saturated carbocycles. The van der Waals surface area contributed by atoms with Gasteiger partial charge in [-0.2, -0.15) is 4.31 Å². The van der Waals surface area contributed by atoms with Crippen molar-refractivity contribution >= 4 is 27.6 Å². The van der Waals surface area contributed by atoms with Crippen LogP contribution in [0, 0.1) is 13.8 Å². The van der Waals surface area contributed by atoms with Crippen molar-refractivity contribution in [1.82, 2.24) is 4.31 Å². The average Bonchev–Trinajstić information content (AvgIpc) is 2.55. The number of carboxylic acids is 1. The summed E-state index contributed by atoms with van der Waals surface area (Å²) in [6, 6.07) is 10.0. The fourth-order valence-electron chi connectivity index (χ4n) is 2.55. The van der Waals surface area contributed by atoms with Crippen molar-refractivity contribution in [1.29, 1.82) is 0 Å². The van der Waals surface area contributed by atoms with E-state index in [1.165, 1.54) is 31.3 Å². The minimum absolute atomic E-state index is 0.00612. The van der Waals surface area contributed by atoms with Gasteiger partial charge in [-0.15, -0.1) is 0 Å². The Morgan fingerprint density at radius 3 is 2.32 bits per heavy atom. The largest absolute Gasteiger partial charge is 0.480 e. The summed E-state index contributed by atoms with van der Waals surface area (Å²) in [6.07, 6.45) is 0.0895. The number of nitrogens with zero attached hydrogens (tertiary/aromatic N) is 1. The number of hydrogen-bond donors (Lipinski definition) is 1. The fraction of sp³-hybridized carbons (Fsp3) is 0.278. The molecule has 5 nitrogen and oxygen atoms in total. The molecule has 0 bridgehead atoms. The Balaban J connectivity index is 2.37. The van der Waals surface area contributed by atoms with Crippen molar-refractivity contribution in [2.45, 2.75) is 31.2 Å². The molecule has 0 fully saturated rings. The van der Waals surface area contributed by atoms with Gasteiger partial charge in [0, 0.05) is 12.1 Å². The first-order valence-electron chi connectivity index (χ1n) is 7.66. The van der Waals surface area contributed by atoms with Crippen LogP contribution in [0.3, 0.4) is 0 Å². The number of aliphatic carboxylic acids is 1. The number of carbonyl (C=O) groups is 1. The fourth-order valence-corrected chi connectivity index (χ4v) is 3.99. The van der Waals surface area contributed by atoms with E-state index >= 15 is 0 Å². The van der Waals surface area contributed by atoms with Gasteiger partial charge in [0.15, 0.2) is 0 Å². The van der Waals surface area contributed by atoms with Gasteiger partial charge in [-0.05, 0) is 61.2 Å². The van der Waals surface area contributed by atoms with E-state index in [1.54, 1.807) is 0 Å². The van der Waals surface area contributed by atoms with Crippen LogP contribution in [-0.2, 0) is 21.2 Å². The van der Waals surface area contributed by atoms with Crippen molar-refractivity contribution in [2.24, 2.45) is 0 Å².